The topological polar surface area (TPSA) is 53.1 Å². The van der Waals surface area contributed by atoms with E-state index in [1.54, 1.807) is 7.11 Å². The molecule has 1 aromatic carbocycles. The number of nitrogen functional groups attached to an aromatic ring is 1. The van der Waals surface area contributed by atoms with Gasteiger partial charge in [0.15, 0.2) is 0 Å². The van der Waals surface area contributed by atoms with Crippen LogP contribution in [0.1, 0.15) is 6.42 Å². The molecule has 0 aliphatic carbocycles. The number of fused-ring (bicyclic) bond motifs is 1. The number of aryl methyl sites for hydroxylation is 1. The van der Waals surface area contributed by atoms with E-state index in [4.69, 9.17) is 10.5 Å². The minimum absolute atomic E-state index is 0.578. The normalized spacial score (nSPS) is 10.9. The van der Waals surface area contributed by atoms with Crippen molar-refractivity contribution in [3.05, 3.63) is 18.2 Å². The van der Waals surface area contributed by atoms with Crippen LogP contribution in [0, 0.1) is 0 Å². The number of nitrogens with two attached hydrogens (primary N) is 1. The van der Waals surface area contributed by atoms with E-state index >= 15 is 0 Å². The molecule has 0 radical (unpaired) electrons. The highest BCUT2D eigenvalue weighted by atomic mass is 32.2. The Bertz CT molecular complexity index is 510. The van der Waals surface area contributed by atoms with Crippen LogP contribution in [0.3, 0.4) is 0 Å². The largest absolute Gasteiger partial charge is 0.497 e. The van der Waals surface area contributed by atoms with E-state index in [0.29, 0.717) is 5.95 Å². The fourth-order valence-electron chi connectivity index (χ4n) is 1.86. The highest BCUT2D eigenvalue weighted by molar-refractivity contribution is 7.98. The first-order valence-corrected chi connectivity index (χ1v) is 6.94. The van der Waals surface area contributed by atoms with Gasteiger partial charge in [-0.2, -0.15) is 11.8 Å². The van der Waals surface area contributed by atoms with Crippen molar-refractivity contribution in [1.29, 1.82) is 0 Å². The summed E-state index contributed by atoms with van der Waals surface area (Å²) in [5.41, 5.74) is 7.90. The summed E-state index contributed by atoms with van der Waals surface area (Å²) in [7, 11) is 1.65. The molecular weight excluding hydrogens is 234 g/mol. The number of aromatic nitrogens is 2. The van der Waals surface area contributed by atoms with Crippen molar-refractivity contribution in [1.82, 2.24) is 9.55 Å². The first-order chi connectivity index (χ1) is 8.26. The maximum atomic E-state index is 5.93. The predicted molar refractivity (Wildman–Crippen MR) is 73.7 cm³/mol. The minimum atomic E-state index is 0.578. The first-order valence-electron chi connectivity index (χ1n) is 5.55. The van der Waals surface area contributed by atoms with Crippen molar-refractivity contribution < 1.29 is 4.74 Å². The summed E-state index contributed by atoms with van der Waals surface area (Å²) in [4.78, 5) is 4.35. The Kier molecular flexibility index (Phi) is 3.78. The summed E-state index contributed by atoms with van der Waals surface area (Å²) in [6.07, 6.45) is 3.21. The molecule has 92 valence electrons. The van der Waals surface area contributed by atoms with Gasteiger partial charge in [-0.1, -0.05) is 0 Å². The highest BCUT2D eigenvalue weighted by Crippen LogP contribution is 2.23. The average molecular weight is 251 g/mol. The van der Waals surface area contributed by atoms with Crippen molar-refractivity contribution in [2.24, 2.45) is 0 Å². The lowest BCUT2D eigenvalue weighted by atomic mass is 10.3. The van der Waals surface area contributed by atoms with Crippen LogP contribution in [0.4, 0.5) is 5.95 Å². The molecule has 5 heteroatoms. The molecule has 2 rings (SSSR count). The number of nitrogens with zero attached hydrogens (tertiary/aromatic N) is 2. The van der Waals surface area contributed by atoms with Crippen molar-refractivity contribution in [3.8, 4) is 5.75 Å². The SMILES string of the molecule is COc1ccc2c(c1)nc(N)n2CCCSC. The van der Waals surface area contributed by atoms with Crippen LogP contribution < -0.4 is 10.5 Å². The van der Waals surface area contributed by atoms with Gasteiger partial charge in [0.2, 0.25) is 5.95 Å². The second-order valence-electron chi connectivity index (χ2n) is 3.82. The third-order valence-electron chi connectivity index (χ3n) is 2.72. The number of imidazole rings is 1. The van der Waals surface area contributed by atoms with E-state index in [0.717, 1.165) is 35.5 Å². The standard InChI is InChI=1S/C12H17N3OS/c1-16-9-4-5-11-10(8-9)14-12(13)15(11)6-3-7-17-2/h4-5,8H,3,6-7H2,1-2H3,(H2,13,14). The van der Waals surface area contributed by atoms with Gasteiger partial charge in [0.1, 0.15) is 5.75 Å². The van der Waals surface area contributed by atoms with Crippen molar-refractivity contribution in [3.63, 3.8) is 0 Å². The van der Waals surface area contributed by atoms with Crippen LogP contribution >= 0.6 is 11.8 Å². The Labute approximate surface area is 105 Å². The quantitative estimate of drug-likeness (QED) is 0.829. The number of thioether (sulfide) groups is 1. The van der Waals surface area contributed by atoms with E-state index in [1.807, 2.05) is 30.0 Å². The molecule has 2 aromatic rings. The third kappa shape index (κ3) is 2.49. The average Bonchev–Trinajstić information content (AvgIpc) is 2.65. The molecule has 0 amide bonds. The van der Waals surface area contributed by atoms with Crippen LogP contribution in [-0.4, -0.2) is 28.7 Å². The van der Waals surface area contributed by atoms with Crippen LogP contribution in [-0.2, 0) is 6.54 Å². The summed E-state index contributed by atoms with van der Waals surface area (Å²) >= 11 is 1.85. The van der Waals surface area contributed by atoms with Crippen molar-refractivity contribution >= 4 is 28.7 Å². The molecular formula is C12H17N3OS. The fraction of sp³-hybridized carbons (Fsp3) is 0.417. The van der Waals surface area contributed by atoms with Crippen LogP contribution in [0.2, 0.25) is 0 Å². The number of ether oxygens (including phenoxy) is 1. The van der Waals surface area contributed by atoms with Gasteiger partial charge >= 0.3 is 0 Å². The number of rotatable bonds is 5. The molecule has 17 heavy (non-hydrogen) atoms. The van der Waals surface area contributed by atoms with Gasteiger partial charge in [-0.25, -0.2) is 4.98 Å². The maximum Gasteiger partial charge on any atom is 0.201 e. The number of anilines is 1. The van der Waals surface area contributed by atoms with Crippen LogP contribution in [0.25, 0.3) is 11.0 Å². The van der Waals surface area contributed by atoms with E-state index < -0.39 is 0 Å². The smallest absolute Gasteiger partial charge is 0.201 e. The second kappa shape index (κ2) is 5.31. The summed E-state index contributed by atoms with van der Waals surface area (Å²) in [6, 6.07) is 5.86. The maximum absolute atomic E-state index is 5.93. The molecule has 0 spiro atoms. The van der Waals surface area contributed by atoms with Gasteiger partial charge in [0, 0.05) is 12.6 Å². The molecule has 4 nitrogen and oxygen atoms in total. The molecule has 0 saturated heterocycles. The zero-order chi connectivity index (χ0) is 12.3. The van der Waals surface area contributed by atoms with Gasteiger partial charge in [-0.3, -0.25) is 0 Å². The summed E-state index contributed by atoms with van der Waals surface area (Å²) in [5, 5.41) is 0. The Morgan fingerprint density at radius 1 is 1.47 bits per heavy atom. The van der Waals surface area contributed by atoms with Gasteiger partial charge < -0.3 is 15.0 Å². The third-order valence-corrected chi connectivity index (χ3v) is 3.41. The summed E-state index contributed by atoms with van der Waals surface area (Å²) < 4.78 is 7.24. The molecule has 0 bridgehead atoms. The zero-order valence-electron chi connectivity index (χ0n) is 10.1. The lowest BCUT2D eigenvalue weighted by Crippen LogP contribution is -2.04. The van der Waals surface area contributed by atoms with Crippen LogP contribution in [0.5, 0.6) is 5.75 Å². The van der Waals surface area contributed by atoms with Crippen molar-refractivity contribution in [2.45, 2.75) is 13.0 Å². The molecule has 0 aliphatic rings. The lowest BCUT2D eigenvalue weighted by molar-refractivity contribution is 0.415. The number of hydrogen-bond donors (Lipinski definition) is 1. The number of methoxy groups -OCH3 is 1. The van der Waals surface area contributed by atoms with Crippen LogP contribution in [0.15, 0.2) is 18.2 Å². The minimum Gasteiger partial charge on any atom is -0.497 e. The molecule has 0 unspecified atom stereocenters. The highest BCUT2D eigenvalue weighted by Gasteiger charge is 2.08. The van der Waals surface area contributed by atoms with Gasteiger partial charge in [-0.15, -0.1) is 0 Å². The van der Waals surface area contributed by atoms with E-state index in [1.165, 1.54) is 0 Å². The lowest BCUT2D eigenvalue weighted by Gasteiger charge is -2.05. The van der Waals surface area contributed by atoms with Gasteiger partial charge in [0.25, 0.3) is 0 Å². The Balaban J connectivity index is 2.31. The Morgan fingerprint density at radius 3 is 3.00 bits per heavy atom. The Hall–Kier alpha value is -1.36. The predicted octanol–water partition coefficient (Wildman–Crippen LogP) is 2.38. The molecule has 0 saturated carbocycles. The van der Waals surface area contributed by atoms with E-state index in [-0.39, 0.29) is 0 Å². The molecule has 0 atom stereocenters. The first kappa shape index (κ1) is 12.1. The monoisotopic (exact) mass is 251 g/mol. The van der Waals surface area contributed by atoms with E-state index in [2.05, 4.69) is 15.8 Å². The molecule has 2 N–H and O–H groups in total. The zero-order valence-corrected chi connectivity index (χ0v) is 11.0. The molecule has 1 aromatic heterocycles. The Morgan fingerprint density at radius 2 is 2.29 bits per heavy atom. The molecule has 0 aliphatic heterocycles. The molecule has 1 heterocycles. The summed E-state index contributed by atoms with van der Waals surface area (Å²) in [5.74, 6) is 2.52. The van der Waals surface area contributed by atoms with Crippen molar-refractivity contribution in [2.75, 3.05) is 24.9 Å². The fourth-order valence-corrected chi connectivity index (χ4v) is 2.27. The second-order valence-corrected chi connectivity index (χ2v) is 4.81. The van der Waals surface area contributed by atoms with Gasteiger partial charge in [0.05, 0.1) is 18.1 Å². The number of hydrogen-bond acceptors (Lipinski definition) is 4. The molecule has 0 fully saturated rings. The van der Waals surface area contributed by atoms with Gasteiger partial charge in [-0.05, 0) is 30.6 Å². The number of benzene rings is 1. The van der Waals surface area contributed by atoms with E-state index in [9.17, 15) is 0 Å². The summed E-state index contributed by atoms with van der Waals surface area (Å²) in [6.45, 7) is 0.912.